The van der Waals surface area contributed by atoms with Crippen LogP contribution in [0, 0.1) is 16.0 Å². The molecule has 1 fully saturated rings. The van der Waals surface area contributed by atoms with Crippen LogP contribution in [-0.4, -0.2) is 28.3 Å². The molecule has 0 bridgehead atoms. The van der Waals surface area contributed by atoms with E-state index in [1.165, 1.54) is 0 Å². The minimum absolute atomic E-state index is 0.130. The van der Waals surface area contributed by atoms with Crippen LogP contribution in [0.1, 0.15) is 19.8 Å². The average molecular weight is 388 g/mol. The summed E-state index contributed by atoms with van der Waals surface area (Å²) in [6.45, 7) is 3.93. The molecule has 1 N–H and O–H groups in total. The van der Waals surface area contributed by atoms with Gasteiger partial charge < -0.3 is 10.2 Å². The lowest BCUT2D eigenvalue weighted by atomic mass is 9.98. The third kappa shape index (κ3) is 3.28. The monoisotopic (exact) mass is 387 g/mol. The van der Waals surface area contributed by atoms with E-state index in [0.29, 0.717) is 27.8 Å². The van der Waals surface area contributed by atoms with Gasteiger partial charge in [0.05, 0.1) is 21.3 Å². The van der Waals surface area contributed by atoms with Crippen LogP contribution in [0.4, 0.5) is 22.7 Å². The molecular formula is C18H18ClN5O3. The molecule has 27 heavy (non-hydrogen) atoms. The third-order valence-corrected chi connectivity index (χ3v) is 5.27. The first-order chi connectivity index (χ1) is 13.0. The molecule has 0 saturated carbocycles. The number of nitro groups is 1. The number of hydrogen-bond donors (Lipinski definition) is 1. The lowest BCUT2D eigenvalue weighted by Crippen LogP contribution is -2.33. The average Bonchev–Trinajstić information content (AvgIpc) is 3.12. The minimum Gasteiger partial charge on any atom is -0.370 e. The smallest absolute Gasteiger partial charge is 0.324 e. The van der Waals surface area contributed by atoms with Gasteiger partial charge in [-0.3, -0.25) is 10.1 Å². The van der Waals surface area contributed by atoms with Crippen LogP contribution >= 0.6 is 11.6 Å². The number of halogens is 1. The zero-order valence-corrected chi connectivity index (χ0v) is 15.4. The molecule has 0 atom stereocenters. The maximum atomic E-state index is 11.7. The first-order valence-electron chi connectivity index (χ1n) is 8.74. The number of anilines is 3. The number of aromatic nitrogens is 2. The molecule has 3 aromatic rings. The molecule has 0 aliphatic carbocycles. The normalized spacial score (nSPS) is 15.3. The second-order valence-corrected chi connectivity index (χ2v) is 7.19. The molecule has 4 rings (SSSR count). The molecule has 1 aliphatic rings. The second kappa shape index (κ2) is 7.03. The summed E-state index contributed by atoms with van der Waals surface area (Å²) in [7, 11) is 0. The van der Waals surface area contributed by atoms with E-state index in [1.54, 1.807) is 24.3 Å². The molecular weight excluding hydrogens is 370 g/mol. The van der Waals surface area contributed by atoms with E-state index < -0.39 is 4.92 Å². The van der Waals surface area contributed by atoms with Gasteiger partial charge in [0, 0.05) is 13.1 Å². The van der Waals surface area contributed by atoms with Crippen molar-refractivity contribution < 1.29 is 9.55 Å². The summed E-state index contributed by atoms with van der Waals surface area (Å²) in [5.74, 6) is 0.658. The molecule has 2 aromatic carbocycles. The van der Waals surface area contributed by atoms with Gasteiger partial charge in [-0.25, -0.2) is 4.63 Å². The Morgan fingerprint density at radius 2 is 1.93 bits per heavy atom. The van der Waals surface area contributed by atoms with Crippen LogP contribution in [0.3, 0.4) is 0 Å². The number of nitro benzene ring substituents is 1. The topological polar surface area (TPSA) is 97.3 Å². The van der Waals surface area contributed by atoms with Crippen LogP contribution in [0.2, 0.25) is 5.02 Å². The Kier molecular flexibility index (Phi) is 4.57. The van der Waals surface area contributed by atoms with Gasteiger partial charge in [-0.1, -0.05) is 30.7 Å². The second-order valence-electron chi connectivity index (χ2n) is 6.78. The molecule has 0 amide bonds. The lowest BCUT2D eigenvalue weighted by Gasteiger charge is -2.32. The van der Waals surface area contributed by atoms with Crippen molar-refractivity contribution in [2.45, 2.75) is 19.8 Å². The molecule has 1 saturated heterocycles. The number of hydrogen-bond acceptors (Lipinski definition) is 7. The van der Waals surface area contributed by atoms with Crippen molar-refractivity contribution in [3.8, 4) is 0 Å². The Hall–Kier alpha value is -2.87. The predicted octanol–water partition coefficient (Wildman–Crippen LogP) is 4.76. The van der Waals surface area contributed by atoms with Gasteiger partial charge in [0.25, 0.3) is 0 Å². The van der Waals surface area contributed by atoms with Crippen LogP contribution < -0.4 is 10.2 Å². The Balaban J connectivity index is 1.85. The van der Waals surface area contributed by atoms with Crippen LogP contribution in [0.25, 0.3) is 11.0 Å². The summed E-state index contributed by atoms with van der Waals surface area (Å²) < 4.78 is 4.85. The van der Waals surface area contributed by atoms with Crippen LogP contribution in [-0.2, 0) is 0 Å². The summed E-state index contributed by atoms with van der Waals surface area (Å²) in [5.41, 5.74) is 2.02. The zero-order valence-electron chi connectivity index (χ0n) is 14.7. The fraction of sp³-hybridized carbons (Fsp3) is 0.333. The maximum absolute atomic E-state index is 11.7. The number of fused-ring (bicyclic) bond motifs is 1. The summed E-state index contributed by atoms with van der Waals surface area (Å²) in [5, 5.41) is 23.0. The first kappa shape index (κ1) is 17.5. The van der Waals surface area contributed by atoms with E-state index in [4.69, 9.17) is 16.2 Å². The summed E-state index contributed by atoms with van der Waals surface area (Å²) in [6, 6.07) is 8.83. The number of benzene rings is 2. The van der Waals surface area contributed by atoms with Gasteiger partial charge in [0.15, 0.2) is 5.52 Å². The highest BCUT2D eigenvalue weighted by atomic mass is 35.5. The Labute approximate surface area is 160 Å². The fourth-order valence-corrected chi connectivity index (χ4v) is 3.57. The first-order valence-corrected chi connectivity index (χ1v) is 9.12. The maximum Gasteiger partial charge on any atom is 0.324 e. The standard InChI is InChI=1S/C18H18ClN5O3/c1-11-6-8-23(9-7-11)15-10-14(20-13-5-3-2-4-12(13)19)18(24(25)26)17-16(15)21-27-22-17/h2-5,10-11,20H,6-9H2,1H3. The number of rotatable bonds is 4. The summed E-state index contributed by atoms with van der Waals surface area (Å²) in [6.07, 6.45) is 2.11. The van der Waals surface area contributed by atoms with E-state index >= 15 is 0 Å². The van der Waals surface area contributed by atoms with Crippen molar-refractivity contribution in [3.05, 3.63) is 45.5 Å². The van der Waals surface area contributed by atoms with E-state index in [2.05, 4.69) is 27.5 Å². The molecule has 9 heteroatoms. The van der Waals surface area contributed by atoms with Gasteiger partial charge in [-0.05, 0) is 47.3 Å². The Morgan fingerprint density at radius 3 is 2.63 bits per heavy atom. The SMILES string of the molecule is CC1CCN(c2cc(Nc3ccccc3Cl)c([N+](=O)[O-])c3nonc23)CC1. The summed E-state index contributed by atoms with van der Waals surface area (Å²) >= 11 is 6.22. The van der Waals surface area contributed by atoms with Crippen molar-refractivity contribution in [3.63, 3.8) is 0 Å². The van der Waals surface area contributed by atoms with E-state index in [1.807, 2.05) is 6.07 Å². The third-order valence-electron chi connectivity index (χ3n) is 4.94. The molecule has 0 unspecified atom stereocenters. The molecule has 1 aliphatic heterocycles. The zero-order chi connectivity index (χ0) is 19.0. The number of nitrogens with zero attached hydrogens (tertiary/aromatic N) is 4. The van der Waals surface area contributed by atoms with E-state index in [9.17, 15) is 10.1 Å². The van der Waals surface area contributed by atoms with E-state index in [0.717, 1.165) is 31.6 Å². The van der Waals surface area contributed by atoms with Gasteiger partial charge in [0.2, 0.25) is 5.52 Å². The van der Waals surface area contributed by atoms with Crippen molar-refractivity contribution in [2.24, 2.45) is 5.92 Å². The lowest BCUT2D eigenvalue weighted by molar-refractivity contribution is -0.382. The minimum atomic E-state index is -0.478. The van der Waals surface area contributed by atoms with E-state index in [-0.39, 0.29) is 11.2 Å². The molecule has 2 heterocycles. The Morgan fingerprint density at radius 1 is 1.22 bits per heavy atom. The molecule has 140 valence electrons. The number of piperidine rings is 1. The highest BCUT2D eigenvalue weighted by Crippen LogP contribution is 2.41. The molecule has 0 radical (unpaired) electrons. The van der Waals surface area contributed by atoms with Crippen LogP contribution in [0.5, 0.6) is 0 Å². The number of nitrogens with one attached hydrogen (secondary N) is 1. The molecule has 8 nitrogen and oxygen atoms in total. The largest absolute Gasteiger partial charge is 0.370 e. The van der Waals surface area contributed by atoms with Gasteiger partial charge in [-0.15, -0.1) is 0 Å². The predicted molar refractivity (Wildman–Crippen MR) is 104 cm³/mol. The van der Waals surface area contributed by atoms with Crippen molar-refractivity contribution in [1.29, 1.82) is 0 Å². The fourth-order valence-electron chi connectivity index (χ4n) is 3.39. The molecule has 0 spiro atoms. The Bertz CT molecular complexity index is 998. The van der Waals surface area contributed by atoms with Crippen molar-refractivity contribution >= 4 is 45.4 Å². The summed E-state index contributed by atoms with van der Waals surface area (Å²) in [4.78, 5) is 13.4. The van der Waals surface area contributed by atoms with Crippen molar-refractivity contribution in [1.82, 2.24) is 10.3 Å². The van der Waals surface area contributed by atoms with Gasteiger partial charge in [-0.2, -0.15) is 0 Å². The number of para-hydroxylation sites is 1. The van der Waals surface area contributed by atoms with Crippen molar-refractivity contribution in [2.75, 3.05) is 23.3 Å². The van der Waals surface area contributed by atoms with Gasteiger partial charge >= 0.3 is 5.69 Å². The molecule has 1 aromatic heterocycles. The quantitative estimate of drug-likeness (QED) is 0.508. The van der Waals surface area contributed by atoms with Gasteiger partial charge in [0.1, 0.15) is 5.69 Å². The van der Waals surface area contributed by atoms with Crippen LogP contribution in [0.15, 0.2) is 35.0 Å². The highest BCUT2D eigenvalue weighted by Gasteiger charge is 2.29. The highest BCUT2D eigenvalue weighted by molar-refractivity contribution is 6.33.